The maximum Gasteiger partial charge on any atom is 0.251 e. The van der Waals surface area contributed by atoms with E-state index in [1.807, 2.05) is 14.0 Å². The Labute approximate surface area is 91.8 Å². The smallest absolute Gasteiger partial charge is 0.251 e. The van der Waals surface area contributed by atoms with Crippen molar-refractivity contribution in [3.63, 3.8) is 0 Å². The molecule has 0 aromatic heterocycles. The summed E-state index contributed by atoms with van der Waals surface area (Å²) in [5, 5.41) is 0. The quantitative estimate of drug-likeness (QED) is 0.740. The molecular formula is C11H22N2O2. The predicted octanol–water partition coefficient (Wildman–Crippen LogP) is 0.465. The lowest BCUT2D eigenvalue weighted by Crippen LogP contribution is -2.41. The highest BCUT2D eigenvalue weighted by atomic mass is 16.5. The van der Waals surface area contributed by atoms with Crippen LogP contribution in [-0.4, -0.2) is 43.7 Å². The van der Waals surface area contributed by atoms with Crippen molar-refractivity contribution in [2.75, 3.05) is 26.7 Å². The Hall–Kier alpha value is -0.610. The Morgan fingerprint density at radius 3 is 2.80 bits per heavy atom. The molecule has 1 aliphatic rings. The van der Waals surface area contributed by atoms with Crippen LogP contribution in [0.3, 0.4) is 0 Å². The van der Waals surface area contributed by atoms with Crippen molar-refractivity contribution in [1.29, 1.82) is 0 Å². The van der Waals surface area contributed by atoms with Gasteiger partial charge < -0.3 is 15.4 Å². The minimum absolute atomic E-state index is 0.0975. The molecule has 1 heterocycles. The van der Waals surface area contributed by atoms with E-state index in [4.69, 9.17) is 10.5 Å². The average Bonchev–Trinajstić information content (AvgIpc) is 2.63. The lowest BCUT2D eigenvalue weighted by atomic mass is 10.0. The van der Waals surface area contributed by atoms with Crippen LogP contribution >= 0.6 is 0 Å². The second kappa shape index (κ2) is 5.47. The van der Waals surface area contributed by atoms with Crippen molar-refractivity contribution in [3.05, 3.63) is 0 Å². The molecule has 0 spiro atoms. The summed E-state index contributed by atoms with van der Waals surface area (Å²) in [5.74, 6) is 0.782. The van der Waals surface area contributed by atoms with E-state index in [9.17, 15) is 4.79 Å². The van der Waals surface area contributed by atoms with Crippen LogP contribution in [0.2, 0.25) is 0 Å². The fourth-order valence-corrected chi connectivity index (χ4v) is 1.86. The van der Waals surface area contributed by atoms with E-state index in [1.54, 1.807) is 4.90 Å². The van der Waals surface area contributed by atoms with Gasteiger partial charge in [-0.05, 0) is 24.8 Å². The van der Waals surface area contributed by atoms with Crippen LogP contribution in [0.15, 0.2) is 0 Å². The number of rotatable bonds is 4. The van der Waals surface area contributed by atoms with Crippen LogP contribution in [-0.2, 0) is 9.53 Å². The summed E-state index contributed by atoms with van der Waals surface area (Å²) in [7, 11) is 1.82. The first-order valence-corrected chi connectivity index (χ1v) is 5.63. The Morgan fingerprint density at radius 1 is 1.67 bits per heavy atom. The fraction of sp³-hybridized carbons (Fsp3) is 0.909. The summed E-state index contributed by atoms with van der Waals surface area (Å²) in [6.07, 6.45) is 0.747. The van der Waals surface area contributed by atoms with E-state index < -0.39 is 0 Å². The second-order valence-corrected chi connectivity index (χ2v) is 4.62. The number of nitrogens with zero attached hydrogens (tertiary/aromatic N) is 1. The molecule has 1 aliphatic heterocycles. The van der Waals surface area contributed by atoms with Crippen molar-refractivity contribution in [2.24, 2.45) is 17.6 Å². The van der Waals surface area contributed by atoms with Crippen LogP contribution in [0.25, 0.3) is 0 Å². The van der Waals surface area contributed by atoms with Crippen molar-refractivity contribution in [2.45, 2.75) is 26.4 Å². The number of carbonyl (C=O) groups is 1. The lowest BCUT2D eigenvalue weighted by molar-refractivity contribution is -0.141. The van der Waals surface area contributed by atoms with Crippen LogP contribution in [0, 0.1) is 11.8 Å². The molecule has 15 heavy (non-hydrogen) atoms. The maximum absolute atomic E-state index is 12.0. The maximum atomic E-state index is 12.0. The molecule has 88 valence electrons. The Morgan fingerprint density at radius 2 is 2.33 bits per heavy atom. The Balaban J connectivity index is 2.45. The topological polar surface area (TPSA) is 55.6 Å². The van der Waals surface area contributed by atoms with Gasteiger partial charge in [-0.15, -0.1) is 0 Å². The number of likely N-dealkylation sites (N-methyl/N-ethyl adjacent to an activating group) is 1. The van der Waals surface area contributed by atoms with Gasteiger partial charge in [0.1, 0.15) is 6.10 Å². The summed E-state index contributed by atoms with van der Waals surface area (Å²) in [6.45, 7) is 6.14. The Kier molecular flexibility index (Phi) is 4.54. The molecule has 0 aromatic rings. The molecule has 4 nitrogen and oxygen atoms in total. The zero-order valence-electron chi connectivity index (χ0n) is 9.90. The van der Waals surface area contributed by atoms with Crippen LogP contribution < -0.4 is 5.73 Å². The zero-order chi connectivity index (χ0) is 11.4. The van der Waals surface area contributed by atoms with Gasteiger partial charge in [0.25, 0.3) is 5.91 Å². The van der Waals surface area contributed by atoms with E-state index in [1.165, 1.54) is 0 Å². The van der Waals surface area contributed by atoms with E-state index in [2.05, 4.69) is 6.92 Å². The molecule has 1 fully saturated rings. The standard InChI is InChI=1S/C11H22N2O2/c1-8(6-12)7-13(3)11(14)10-9(2)4-5-15-10/h8-10H,4-7,12H2,1-3H3. The molecule has 1 saturated heterocycles. The van der Waals surface area contributed by atoms with Gasteiger partial charge in [-0.2, -0.15) is 0 Å². The second-order valence-electron chi connectivity index (χ2n) is 4.62. The number of amides is 1. The summed E-state index contributed by atoms with van der Waals surface area (Å²) in [5.41, 5.74) is 5.53. The largest absolute Gasteiger partial charge is 0.368 e. The molecule has 3 unspecified atom stereocenters. The normalized spacial score (nSPS) is 27.7. The van der Waals surface area contributed by atoms with Gasteiger partial charge in [0.15, 0.2) is 0 Å². The predicted molar refractivity (Wildman–Crippen MR) is 59.4 cm³/mol. The molecular weight excluding hydrogens is 192 g/mol. The van der Waals surface area contributed by atoms with E-state index in [0.717, 1.165) is 6.42 Å². The van der Waals surface area contributed by atoms with E-state index >= 15 is 0 Å². The van der Waals surface area contributed by atoms with Gasteiger partial charge in [-0.3, -0.25) is 4.79 Å². The highest BCUT2D eigenvalue weighted by Gasteiger charge is 2.32. The van der Waals surface area contributed by atoms with E-state index in [0.29, 0.717) is 31.5 Å². The van der Waals surface area contributed by atoms with Gasteiger partial charge in [0.05, 0.1) is 0 Å². The zero-order valence-corrected chi connectivity index (χ0v) is 9.90. The number of nitrogens with two attached hydrogens (primary N) is 1. The fourth-order valence-electron chi connectivity index (χ4n) is 1.86. The van der Waals surface area contributed by atoms with Gasteiger partial charge in [0.2, 0.25) is 0 Å². The molecule has 1 rings (SSSR count). The molecule has 0 saturated carbocycles. The monoisotopic (exact) mass is 214 g/mol. The molecule has 2 N–H and O–H groups in total. The van der Waals surface area contributed by atoms with Crippen molar-refractivity contribution in [3.8, 4) is 0 Å². The molecule has 0 radical (unpaired) electrons. The third-order valence-corrected chi connectivity index (χ3v) is 2.99. The highest BCUT2D eigenvalue weighted by molar-refractivity contribution is 5.81. The summed E-state index contributed by atoms with van der Waals surface area (Å²) in [4.78, 5) is 13.7. The summed E-state index contributed by atoms with van der Waals surface area (Å²) < 4.78 is 5.44. The van der Waals surface area contributed by atoms with Gasteiger partial charge in [0, 0.05) is 20.2 Å². The van der Waals surface area contributed by atoms with Gasteiger partial charge >= 0.3 is 0 Å². The first-order chi connectivity index (χ1) is 7.06. The third kappa shape index (κ3) is 3.18. The summed E-state index contributed by atoms with van der Waals surface area (Å²) in [6, 6.07) is 0. The molecule has 3 atom stereocenters. The van der Waals surface area contributed by atoms with Gasteiger partial charge in [-0.25, -0.2) is 0 Å². The lowest BCUT2D eigenvalue weighted by Gasteiger charge is -2.25. The van der Waals surface area contributed by atoms with Gasteiger partial charge in [-0.1, -0.05) is 13.8 Å². The first-order valence-electron chi connectivity index (χ1n) is 5.63. The molecule has 4 heteroatoms. The Bertz CT molecular complexity index is 221. The molecule has 0 bridgehead atoms. The van der Waals surface area contributed by atoms with Crippen molar-refractivity contribution < 1.29 is 9.53 Å². The average molecular weight is 214 g/mol. The number of ether oxygens (including phenoxy) is 1. The summed E-state index contributed by atoms with van der Waals surface area (Å²) >= 11 is 0. The molecule has 0 aliphatic carbocycles. The van der Waals surface area contributed by atoms with E-state index in [-0.39, 0.29) is 12.0 Å². The van der Waals surface area contributed by atoms with Crippen LogP contribution in [0.5, 0.6) is 0 Å². The third-order valence-electron chi connectivity index (χ3n) is 2.99. The SMILES string of the molecule is CC(CN)CN(C)C(=O)C1OCCC1C. The highest BCUT2D eigenvalue weighted by Crippen LogP contribution is 2.21. The van der Waals surface area contributed by atoms with Crippen molar-refractivity contribution in [1.82, 2.24) is 4.90 Å². The van der Waals surface area contributed by atoms with Crippen molar-refractivity contribution >= 4 is 5.91 Å². The minimum Gasteiger partial charge on any atom is -0.368 e. The first kappa shape index (κ1) is 12.5. The molecule has 1 amide bonds. The number of carbonyl (C=O) groups excluding carboxylic acids is 1. The molecule has 0 aromatic carbocycles. The number of hydrogen-bond donors (Lipinski definition) is 1. The van der Waals surface area contributed by atoms with Crippen LogP contribution in [0.4, 0.5) is 0 Å². The number of hydrogen-bond acceptors (Lipinski definition) is 3. The minimum atomic E-state index is -0.236. The van der Waals surface area contributed by atoms with Crippen LogP contribution in [0.1, 0.15) is 20.3 Å².